The van der Waals surface area contributed by atoms with E-state index < -0.39 is 11.6 Å². The third-order valence-electron chi connectivity index (χ3n) is 5.16. The third-order valence-corrected chi connectivity index (χ3v) is 5.16. The quantitative estimate of drug-likeness (QED) is 0.710. The Balaban J connectivity index is 1.64. The molecule has 2 heterocycles. The highest BCUT2D eigenvalue weighted by Gasteiger charge is 2.45. The van der Waals surface area contributed by atoms with Gasteiger partial charge in [0, 0.05) is 20.0 Å². The molecule has 8 nitrogen and oxygen atoms in total. The minimum absolute atomic E-state index is 0.175. The predicted octanol–water partition coefficient (Wildman–Crippen LogP) is 1.26. The number of anilines is 1. The van der Waals surface area contributed by atoms with Crippen LogP contribution in [0.25, 0.3) is 5.69 Å². The van der Waals surface area contributed by atoms with E-state index in [2.05, 4.69) is 20.8 Å². The molecule has 0 aliphatic carbocycles. The van der Waals surface area contributed by atoms with Crippen molar-refractivity contribution >= 4 is 11.9 Å². The number of β-amino-alcohol motifs (C(OH)–C–C–N with tert-alkyl or cyclic N) is 1. The van der Waals surface area contributed by atoms with Crippen molar-refractivity contribution < 1.29 is 9.90 Å². The first-order valence-electron chi connectivity index (χ1n) is 9.21. The van der Waals surface area contributed by atoms with E-state index in [1.165, 1.54) is 6.92 Å². The predicted molar refractivity (Wildman–Crippen MR) is 104 cm³/mol. The highest BCUT2D eigenvalue weighted by atomic mass is 16.3. The van der Waals surface area contributed by atoms with Gasteiger partial charge < -0.3 is 15.3 Å². The Morgan fingerprint density at radius 2 is 1.82 bits per heavy atom. The zero-order chi connectivity index (χ0) is 19.6. The molecule has 1 aliphatic heterocycles. The van der Waals surface area contributed by atoms with Gasteiger partial charge in [-0.3, -0.25) is 4.79 Å². The molecule has 1 saturated heterocycles. The van der Waals surface area contributed by atoms with Crippen molar-refractivity contribution in [2.75, 3.05) is 18.0 Å². The number of tetrazole rings is 1. The van der Waals surface area contributed by atoms with Crippen molar-refractivity contribution in [2.24, 2.45) is 0 Å². The normalized spacial score (nSPS) is 22.1. The van der Waals surface area contributed by atoms with Crippen LogP contribution >= 0.6 is 0 Å². The number of amides is 1. The van der Waals surface area contributed by atoms with Crippen LogP contribution in [0, 0.1) is 0 Å². The number of aromatic nitrogens is 4. The molecule has 4 rings (SSSR count). The molecule has 1 aromatic heterocycles. The van der Waals surface area contributed by atoms with Gasteiger partial charge in [0.1, 0.15) is 0 Å². The summed E-state index contributed by atoms with van der Waals surface area (Å²) >= 11 is 0. The van der Waals surface area contributed by atoms with Crippen LogP contribution in [0.4, 0.5) is 5.95 Å². The molecule has 0 saturated carbocycles. The first kappa shape index (κ1) is 18.1. The molecule has 1 amide bonds. The Kier molecular flexibility index (Phi) is 4.79. The maximum atomic E-state index is 11.9. The number of hydrogen-bond donors (Lipinski definition) is 2. The SMILES string of the molecule is CC(=O)N[C@@]1(c2ccccc2)CCN(c2nnnn2-c2ccccc2)C[C@H]1O. The standard InChI is InChI=1S/C20H22N6O2/c1-15(27)21-20(16-8-4-2-5-9-16)12-13-25(14-18(20)28)19-22-23-24-26(19)17-10-6-3-7-11-17/h2-11,18,28H,12-14H2,1H3,(H,21,27)/t18-,20-/m1/s1. The minimum atomic E-state index is -0.839. The number of nitrogens with one attached hydrogen (secondary N) is 1. The third kappa shape index (κ3) is 3.22. The monoisotopic (exact) mass is 378 g/mol. The van der Waals surface area contributed by atoms with E-state index in [1.807, 2.05) is 65.6 Å². The maximum Gasteiger partial charge on any atom is 0.250 e. The second kappa shape index (κ2) is 7.40. The molecule has 3 aromatic rings. The van der Waals surface area contributed by atoms with Gasteiger partial charge in [0.2, 0.25) is 11.9 Å². The molecule has 2 aromatic carbocycles. The number of aliphatic hydroxyl groups excluding tert-OH is 1. The maximum absolute atomic E-state index is 11.9. The first-order chi connectivity index (χ1) is 13.6. The number of piperidine rings is 1. The summed E-state index contributed by atoms with van der Waals surface area (Å²) < 4.78 is 1.65. The van der Waals surface area contributed by atoms with Gasteiger partial charge in [-0.2, -0.15) is 4.68 Å². The summed E-state index contributed by atoms with van der Waals surface area (Å²) in [7, 11) is 0. The van der Waals surface area contributed by atoms with E-state index in [0.717, 1.165) is 11.3 Å². The second-order valence-electron chi connectivity index (χ2n) is 6.96. The van der Waals surface area contributed by atoms with E-state index in [4.69, 9.17) is 0 Å². The topological polar surface area (TPSA) is 96.2 Å². The number of hydrogen-bond acceptors (Lipinski definition) is 6. The summed E-state index contributed by atoms with van der Waals surface area (Å²) in [4.78, 5) is 13.9. The summed E-state index contributed by atoms with van der Waals surface area (Å²) in [6.45, 7) is 2.35. The van der Waals surface area contributed by atoms with Crippen molar-refractivity contribution in [3.63, 3.8) is 0 Å². The summed E-state index contributed by atoms with van der Waals surface area (Å²) in [6.07, 6.45) is -0.298. The van der Waals surface area contributed by atoms with E-state index >= 15 is 0 Å². The molecule has 28 heavy (non-hydrogen) atoms. The minimum Gasteiger partial charge on any atom is -0.388 e. The van der Waals surface area contributed by atoms with Crippen molar-refractivity contribution in [1.29, 1.82) is 0 Å². The molecule has 0 radical (unpaired) electrons. The number of para-hydroxylation sites is 1. The van der Waals surface area contributed by atoms with E-state index in [0.29, 0.717) is 25.5 Å². The lowest BCUT2D eigenvalue weighted by molar-refractivity contribution is -0.123. The van der Waals surface area contributed by atoms with Crippen LogP contribution in [0.15, 0.2) is 60.7 Å². The van der Waals surface area contributed by atoms with Crippen LogP contribution in [0.2, 0.25) is 0 Å². The van der Waals surface area contributed by atoms with Gasteiger partial charge in [0.05, 0.1) is 17.3 Å². The van der Waals surface area contributed by atoms with Crippen LogP contribution in [-0.2, 0) is 10.3 Å². The van der Waals surface area contributed by atoms with E-state index in [1.54, 1.807) is 4.68 Å². The molecule has 0 bridgehead atoms. The summed E-state index contributed by atoms with van der Waals surface area (Å²) in [6, 6.07) is 19.2. The largest absolute Gasteiger partial charge is 0.388 e. The number of aliphatic hydroxyl groups is 1. The van der Waals surface area contributed by atoms with Gasteiger partial charge in [-0.05, 0) is 34.5 Å². The Labute approximate surface area is 162 Å². The number of nitrogens with zero attached hydrogens (tertiary/aromatic N) is 5. The van der Waals surface area contributed by atoms with Crippen LogP contribution < -0.4 is 10.2 Å². The highest BCUT2D eigenvalue weighted by molar-refractivity contribution is 5.74. The lowest BCUT2D eigenvalue weighted by Gasteiger charge is -2.46. The fourth-order valence-electron chi connectivity index (χ4n) is 3.84. The van der Waals surface area contributed by atoms with Crippen molar-refractivity contribution in [3.05, 3.63) is 66.2 Å². The lowest BCUT2D eigenvalue weighted by Crippen LogP contribution is -2.62. The average molecular weight is 378 g/mol. The van der Waals surface area contributed by atoms with Crippen molar-refractivity contribution in [2.45, 2.75) is 25.0 Å². The summed E-state index contributed by atoms with van der Waals surface area (Å²) in [5.41, 5.74) is 0.896. The fraction of sp³-hybridized carbons (Fsp3) is 0.300. The lowest BCUT2D eigenvalue weighted by atomic mass is 9.78. The molecule has 0 spiro atoms. The summed E-state index contributed by atoms with van der Waals surface area (Å²) in [5.74, 6) is 0.389. The fourth-order valence-corrected chi connectivity index (χ4v) is 3.84. The molecule has 2 atom stereocenters. The van der Waals surface area contributed by atoms with Crippen LogP contribution in [0.5, 0.6) is 0 Å². The van der Waals surface area contributed by atoms with E-state index in [9.17, 15) is 9.90 Å². The van der Waals surface area contributed by atoms with Gasteiger partial charge in [0.15, 0.2) is 0 Å². The Hall–Kier alpha value is -3.26. The highest BCUT2D eigenvalue weighted by Crippen LogP contribution is 2.34. The number of rotatable bonds is 4. The smallest absolute Gasteiger partial charge is 0.250 e. The number of carbonyl (C=O) groups is 1. The zero-order valence-corrected chi connectivity index (χ0v) is 15.6. The average Bonchev–Trinajstić information content (AvgIpc) is 3.20. The van der Waals surface area contributed by atoms with Gasteiger partial charge in [0.25, 0.3) is 0 Å². The molecule has 1 fully saturated rings. The number of benzene rings is 2. The Morgan fingerprint density at radius 3 is 2.46 bits per heavy atom. The molecule has 0 unspecified atom stereocenters. The van der Waals surface area contributed by atoms with Gasteiger partial charge in [-0.25, -0.2) is 0 Å². The second-order valence-corrected chi connectivity index (χ2v) is 6.96. The molecule has 8 heteroatoms. The summed E-state index contributed by atoms with van der Waals surface area (Å²) in [5, 5.41) is 26.2. The molecular formula is C20H22N6O2. The molecular weight excluding hydrogens is 356 g/mol. The molecule has 1 aliphatic rings. The van der Waals surface area contributed by atoms with Crippen LogP contribution in [0.1, 0.15) is 18.9 Å². The zero-order valence-electron chi connectivity index (χ0n) is 15.6. The van der Waals surface area contributed by atoms with Crippen molar-refractivity contribution in [3.8, 4) is 5.69 Å². The Bertz CT molecular complexity index is 946. The van der Waals surface area contributed by atoms with Gasteiger partial charge >= 0.3 is 0 Å². The van der Waals surface area contributed by atoms with Gasteiger partial charge in [-0.1, -0.05) is 53.6 Å². The van der Waals surface area contributed by atoms with Crippen LogP contribution in [-0.4, -0.2) is 50.4 Å². The van der Waals surface area contributed by atoms with Crippen molar-refractivity contribution in [1.82, 2.24) is 25.5 Å². The molecule has 144 valence electrons. The number of carbonyl (C=O) groups excluding carboxylic acids is 1. The first-order valence-corrected chi connectivity index (χ1v) is 9.21. The van der Waals surface area contributed by atoms with Gasteiger partial charge in [-0.15, -0.1) is 0 Å². The van der Waals surface area contributed by atoms with Crippen LogP contribution in [0.3, 0.4) is 0 Å². The van der Waals surface area contributed by atoms with E-state index in [-0.39, 0.29) is 5.91 Å². The molecule has 2 N–H and O–H groups in total. The Morgan fingerprint density at radius 1 is 1.14 bits per heavy atom.